The van der Waals surface area contributed by atoms with E-state index >= 15 is 0 Å². The minimum absolute atomic E-state index is 0. The fourth-order valence-corrected chi connectivity index (χ4v) is 5.36. The summed E-state index contributed by atoms with van der Waals surface area (Å²) in [6.07, 6.45) is 0. The van der Waals surface area contributed by atoms with Crippen molar-refractivity contribution in [1.29, 1.82) is 0 Å². The Labute approximate surface area is 269 Å². The molecule has 7 rings (SSSR count). The van der Waals surface area contributed by atoms with Gasteiger partial charge in [0, 0.05) is 60.3 Å². The predicted octanol–water partition coefficient (Wildman–Crippen LogP) is 3.86. The number of aromatic nitrogens is 4. The molecule has 10 heteroatoms. The summed E-state index contributed by atoms with van der Waals surface area (Å²) in [4.78, 5) is 4.35. The summed E-state index contributed by atoms with van der Waals surface area (Å²) in [5.41, 5.74) is 7.48. The number of nitrogens with zero attached hydrogens (tertiary/aromatic N) is 7. The molecular formula is C35H36ClN7O2. The third-order valence-corrected chi connectivity index (χ3v) is 7.45. The first-order valence-electron chi connectivity index (χ1n) is 14.5. The van der Waals surface area contributed by atoms with Crippen molar-refractivity contribution in [3.63, 3.8) is 0 Å². The zero-order valence-corrected chi connectivity index (χ0v) is 26.8. The van der Waals surface area contributed by atoms with Gasteiger partial charge in [-0.05, 0) is 66.7 Å². The molecule has 0 bridgehead atoms. The molecule has 0 spiro atoms. The van der Waals surface area contributed by atoms with E-state index in [1.54, 1.807) is 0 Å². The van der Waals surface area contributed by atoms with Crippen molar-refractivity contribution in [2.75, 3.05) is 51.7 Å². The van der Waals surface area contributed by atoms with E-state index in [-0.39, 0.29) is 12.4 Å². The average Bonchev–Trinajstić information content (AvgIpc) is 3.73. The molecule has 230 valence electrons. The molecule has 0 aliphatic carbocycles. The van der Waals surface area contributed by atoms with Crippen LogP contribution in [0.5, 0.6) is 0 Å². The molecule has 0 atom stereocenters. The highest BCUT2D eigenvalue weighted by molar-refractivity contribution is 5.65. The molecule has 9 nitrogen and oxygen atoms in total. The summed E-state index contributed by atoms with van der Waals surface area (Å²) in [5.74, 6) is 2.19. The van der Waals surface area contributed by atoms with Crippen LogP contribution in [0, 0.1) is 0 Å². The topological polar surface area (TPSA) is 84.3 Å². The van der Waals surface area contributed by atoms with E-state index in [1.165, 1.54) is 11.3 Å². The molecule has 45 heavy (non-hydrogen) atoms. The lowest BCUT2D eigenvalue weighted by Gasteiger charge is -2.40. The maximum absolute atomic E-state index is 5.88. The molecule has 0 saturated carbocycles. The minimum atomic E-state index is 0. The molecule has 0 unspecified atom stereocenters. The maximum Gasteiger partial charge on any atom is 0.248 e. The Balaban J connectivity index is 0.000000177. The van der Waals surface area contributed by atoms with Gasteiger partial charge in [-0.2, -0.15) is 0 Å². The Morgan fingerprint density at radius 2 is 1.07 bits per heavy atom. The van der Waals surface area contributed by atoms with Crippen LogP contribution in [-0.4, -0.2) is 66.8 Å². The van der Waals surface area contributed by atoms with Crippen LogP contribution in [0.1, 0.15) is 5.56 Å². The summed E-state index contributed by atoms with van der Waals surface area (Å²) >= 11 is 0. The van der Waals surface area contributed by atoms with Gasteiger partial charge in [0.15, 0.2) is 6.67 Å². The summed E-state index contributed by atoms with van der Waals surface area (Å²) in [5, 5.41) is 16.6. The van der Waals surface area contributed by atoms with Gasteiger partial charge in [0.05, 0.1) is 14.1 Å². The van der Waals surface area contributed by atoms with Crippen molar-refractivity contribution in [3.8, 4) is 45.8 Å². The van der Waals surface area contributed by atoms with Gasteiger partial charge in [0.1, 0.15) is 6.54 Å². The van der Waals surface area contributed by atoms with Crippen LogP contribution in [0.3, 0.4) is 0 Å². The third kappa shape index (κ3) is 7.22. The van der Waals surface area contributed by atoms with Gasteiger partial charge >= 0.3 is 0 Å². The largest absolute Gasteiger partial charge is 1.00 e. The lowest BCUT2D eigenvalue weighted by Crippen LogP contribution is -3.00. The van der Waals surface area contributed by atoms with E-state index in [0.29, 0.717) is 23.6 Å². The van der Waals surface area contributed by atoms with Crippen molar-refractivity contribution in [3.05, 3.63) is 109 Å². The molecule has 0 N–H and O–H groups in total. The van der Waals surface area contributed by atoms with E-state index < -0.39 is 0 Å². The Kier molecular flexibility index (Phi) is 9.32. The molecular weight excluding hydrogens is 586 g/mol. The molecule has 4 aromatic carbocycles. The second-order valence-corrected chi connectivity index (χ2v) is 11.8. The SMILES string of the molecule is CN(C)c1ccc(-c2nnc(-c3ccccc3)o2)cc1.CN1C[N+](C)(C)Cc2cc(-c3nnc(-c4ccccc4)o3)ccc21.[Cl-]. The molecule has 0 radical (unpaired) electrons. The van der Waals surface area contributed by atoms with Crippen LogP contribution in [0.15, 0.2) is 112 Å². The predicted molar refractivity (Wildman–Crippen MR) is 174 cm³/mol. The summed E-state index contributed by atoms with van der Waals surface area (Å²) in [7, 11) is 10.6. The van der Waals surface area contributed by atoms with Crippen LogP contribution in [0.4, 0.5) is 11.4 Å². The standard InChI is InChI=1S/C19H21N4O.C16H15N3O.ClH/c1-22-13-23(2,3)12-16-11-15(9-10-17(16)22)19-21-20-18(24-19)14-7-5-4-6-8-14;1-19(2)14-10-8-13(9-11-14)16-18-17-15(20-16)12-6-4-3-5-7-12;/h4-11H,12-13H2,1-3H3;3-11H,1-2H3;1H/q+1;;/p-1. The summed E-state index contributed by atoms with van der Waals surface area (Å²) < 4.78 is 12.5. The number of quaternary nitrogens is 1. The molecule has 0 fully saturated rings. The fraction of sp³-hybridized carbons (Fsp3) is 0.200. The van der Waals surface area contributed by atoms with Crippen LogP contribution in [0.2, 0.25) is 0 Å². The number of hydrogen-bond donors (Lipinski definition) is 0. The van der Waals surface area contributed by atoms with E-state index in [9.17, 15) is 0 Å². The Morgan fingerprint density at radius 3 is 1.56 bits per heavy atom. The zero-order valence-electron chi connectivity index (χ0n) is 26.1. The molecule has 1 aliphatic heterocycles. The van der Waals surface area contributed by atoms with Crippen molar-refractivity contribution in [2.24, 2.45) is 0 Å². The maximum atomic E-state index is 5.88. The smallest absolute Gasteiger partial charge is 0.248 e. The van der Waals surface area contributed by atoms with Crippen LogP contribution < -0.4 is 22.2 Å². The highest BCUT2D eigenvalue weighted by Crippen LogP contribution is 2.33. The van der Waals surface area contributed by atoms with Crippen LogP contribution in [-0.2, 0) is 6.54 Å². The normalized spacial score (nSPS) is 13.2. The molecule has 3 heterocycles. The number of rotatable bonds is 5. The highest BCUT2D eigenvalue weighted by atomic mass is 35.5. The number of benzene rings is 4. The minimum Gasteiger partial charge on any atom is -1.00 e. The van der Waals surface area contributed by atoms with Gasteiger partial charge in [-0.15, -0.1) is 20.4 Å². The second kappa shape index (κ2) is 13.3. The Morgan fingerprint density at radius 1 is 0.622 bits per heavy atom. The van der Waals surface area contributed by atoms with Crippen LogP contribution >= 0.6 is 0 Å². The Hall–Kier alpha value is -4.99. The Bertz CT molecular complexity index is 1840. The highest BCUT2D eigenvalue weighted by Gasteiger charge is 2.28. The van der Waals surface area contributed by atoms with Crippen molar-refractivity contribution >= 4 is 11.4 Å². The summed E-state index contributed by atoms with van der Waals surface area (Å²) in [6.45, 7) is 2.00. The molecule has 0 amide bonds. The zero-order chi connectivity index (χ0) is 30.7. The third-order valence-electron chi connectivity index (χ3n) is 7.45. The first kappa shape index (κ1) is 31.4. The van der Waals surface area contributed by atoms with Gasteiger partial charge in [-0.3, -0.25) is 0 Å². The second-order valence-electron chi connectivity index (χ2n) is 11.8. The van der Waals surface area contributed by atoms with Gasteiger partial charge < -0.3 is 35.5 Å². The average molecular weight is 622 g/mol. The van der Waals surface area contributed by atoms with Crippen LogP contribution in [0.25, 0.3) is 45.8 Å². The first-order valence-corrected chi connectivity index (χ1v) is 14.5. The van der Waals surface area contributed by atoms with E-state index in [0.717, 1.165) is 45.6 Å². The number of fused-ring (bicyclic) bond motifs is 1. The van der Waals surface area contributed by atoms with E-state index in [2.05, 4.69) is 64.6 Å². The van der Waals surface area contributed by atoms with E-state index in [4.69, 9.17) is 8.83 Å². The molecule has 6 aromatic rings. The van der Waals surface area contributed by atoms with Crippen molar-refractivity contribution in [2.45, 2.75) is 6.54 Å². The molecule has 0 saturated heterocycles. The first-order chi connectivity index (χ1) is 21.3. The fourth-order valence-electron chi connectivity index (χ4n) is 5.36. The van der Waals surface area contributed by atoms with Crippen molar-refractivity contribution < 1.29 is 25.7 Å². The number of anilines is 2. The number of halogens is 1. The lowest BCUT2D eigenvalue weighted by atomic mass is 10.0. The monoisotopic (exact) mass is 621 g/mol. The number of hydrogen-bond acceptors (Lipinski definition) is 8. The van der Waals surface area contributed by atoms with Gasteiger partial charge in [-0.1, -0.05) is 36.4 Å². The van der Waals surface area contributed by atoms with Crippen molar-refractivity contribution in [1.82, 2.24) is 20.4 Å². The van der Waals surface area contributed by atoms with Gasteiger partial charge in [0.25, 0.3) is 0 Å². The summed E-state index contributed by atoms with van der Waals surface area (Å²) in [6, 6.07) is 34.0. The van der Waals surface area contributed by atoms with Gasteiger partial charge in [-0.25, -0.2) is 0 Å². The molecule has 2 aromatic heterocycles. The quantitative estimate of drug-likeness (QED) is 0.269. The van der Waals surface area contributed by atoms with Gasteiger partial charge in [0.2, 0.25) is 23.6 Å². The van der Waals surface area contributed by atoms with E-state index in [1.807, 2.05) is 104 Å². The lowest BCUT2D eigenvalue weighted by molar-refractivity contribution is -0.904. The molecule has 1 aliphatic rings.